The lowest BCUT2D eigenvalue weighted by atomic mass is 10.2. The van der Waals surface area contributed by atoms with Crippen LogP contribution in [0.3, 0.4) is 0 Å². The molecule has 1 aromatic heterocycles. The van der Waals surface area contributed by atoms with E-state index in [0.29, 0.717) is 0 Å². The molecule has 0 saturated heterocycles. The zero-order chi connectivity index (χ0) is 10.5. The third-order valence-electron chi connectivity index (χ3n) is 2.59. The Labute approximate surface area is 108 Å². The van der Waals surface area contributed by atoms with Gasteiger partial charge in [0, 0.05) is 24.1 Å². The Bertz CT molecular complexity index is 426. The number of hydrogen-bond acceptors (Lipinski definition) is 0. The van der Waals surface area contributed by atoms with Crippen LogP contribution in [0.2, 0.25) is 0 Å². The Morgan fingerprint density at radius 2 is 1.62 bits per heavy atom. The highest BCUT2D eigenvalue weighted by atomic mass is 79.9. The molecule has 2 aromatic rings. The minimum absolute atomic E-state index is 0. The van der Waals surface area contributed by atoms with Crippen LogP contribution in [0.1, 0.15) is 18.2 Å². The lowest BCUT2D eigenvalue weighted by Gasteiger charge is -2.01. The minimum Gasteiger partial charge on any atom is -1.00 e. The number of nitrogens with zero attached hydrogens (tertiary/aromatic N) is 1. The molecule has 0 aliphatic carbocycles. The Morgan fingerprint density at radius 3 is 2.31 bits per heavy atom. The van der Waals surface area contributed by atoms with Gasteiger partial charge in [0.15, 0.2) is 18.4 Å². The van der Waals surface area contributed by atoms with Gasteiger partial charge in [-0.2, -0.15) is 4.57 Å². The van der Waals surface area contributed by atoms with E-state index in [9.17, 15) is 0 Å². The fraction of sp³-hybridized carbons (Fsp3) is 0.214. The molecule has 2 heteroatoms. The summed E-state index contributed by atoms with van der Waals surface area (Å²) in [7, 11) is 0. The first-order valence-corrected chi connectivity index (χ1v) is 5.41. The van der Waals surface area contributed by atoms with Crippen molar-refractivity contribution in [2.45, 2.75) is 19.9 Å². The molecule has 84 valence electrons. The number of pyridine rings is 1. The standard InChI is InChI=1S/C14H16N.BrH/c1-2-14-10-6-7-11-15(14)12-13-8-4-3-5-9-13;/h3-11H,2,12H2,1H3;1H/q+1;/p-1. The number of aromatic nitrogens is 1. The van der Waals surface area contributed by atoms with Gasteiger partial charge in [0.05, 0.1) is 0 Å². The SMILES string of the molecule is CCc1cccc[n+]1Cc1ccccc1.[Br-]. The molecule has 0 N–H and O–H groups in total. The first-order valence-electron chi connectivity index (χ1n) is 5.41. The molecule has 0 bridgehead atoms. The van der Waals surface area contributed by atoms with Crippen molar-refractivity contribution in [2.24, 2.45) is 0 Å². The quantitative estimate of drug-likeness (QED) is 0.672. The molecule has 2 rings (SSSR count). The fourth-order valence-electron chi connectivity index (χ4n) is 1.77. The first-order chi connectivity index (χ1) is 7.40. The second-order valence-electron chi connectivity index (χ2n) is 3.66. The molecule has 1 aromatic carbocycles. The van der Waals surface area contributed by atoms with Crippen LogP contribution in [0.5, 0.6) is 0 Å². The van der Waals surface area contributed by atoms with Crippen molar-refractivity contribution in [3.63, 3.8) is 0 Å². The first kappa shape index (κ1) is 12.9. The molecule has 0 spiro atoms. The molecule has 16 heavy (non-hydrogen) atoms. The van der Waals surface area contributed by atoms with Crippen molar-refractivity contribution < 1.29 is 21.5 Å². The van der Waals surface area contributed by atoms with E-state index in [2.05, 4.69) is 66.2 Å². The van der Waals surface area contributed by atoms with Crippen LogP contribution in [-0.2, 0) is 13.0 Å². The molecule has 0 unspecified atom stereocenters. The van der Waals surface area contributed by atoms with Crippen LogP contribution in [0.4, 0.5) is 0 Å². The van der Waals surface area contributed by atoms with E-state index in [1.165, 1.54) is 11.3 Å². The predicted molar refractivity (Wildman–Crippen MR) is 61.6 cm³/mol. The molecule has 0 atom stereocenters. The maximum Gasteiger partial charge on any atom is 0.181 e. The Balaban J connectivity index is 0.00000128. The Hall–Kier alpha value is -1.15. The van der Waals surface area contributed by atoms with E-state index >= 15 is 0 Å². The van der Waals surface area contributed by atoms with E-state index in [4.69, 9.17) is 0 Å². The molecule has 0 aliphatic heterocycles. The summed E-state index contributed by atoms with van der Waals surface area (Å²) in [5.41, 5.74) is 2.73. The summed E-state index contributed by atoms with van der Waals surface area (Å²) in [6.07, 6.45) is 3.22. The molecule has 1 heterocycles. The van der Waals surface area contributed by atoms with Crippen LogP contribution < -0.4 is 21.5 Å². The molecule has 0 radical (unpaired) electrons. The van der Waals surface area contributed by atoms with Gasteiger partial charge in [-0.3, -0.25) is 0 Å². The van der Waals surface area contributed by atoms with Gasteiger partial charge in [0.1, 0.15) is 0 Å². The van der Waals surface area contributed by atoms with Crippen molar-refractivity contribution in [1.82, 2.24) is 0 Å². The maximum absolute atomic E-state index is 2.30. The van der Waals surface area contributed by atoms with Crippen LogP contribution >= 0.6 is 0 Å². The van der Waals surface area contributed by atoms with Gasteiger partial charge in [0.2, 0.25) is 0 Å². The molecular weight excluding hydrogens is 262 g/mol. The predicted octanol–water partition coefficient (Wildman–Crippen LogP) is -0.411. The molecular formula is C14H16BrN. The van der Waals surface area contributed by atoms with E-state index in [1.807, 2.05) is 0 Å². The van der Waals surface area contributed by atoms with Crippen molar-refractivity contribution in [3.05, 3.63) is 66.0 Å². The number of hydrogen-bond donors (Lipinski definition) is 0. The van der Waals surface area contributed by atoms with E-state index in [0.717, 1.165) is 13.0 Å². The van der Waals surface area contributed by atoms with Gasteiger partial charge >= 0.3 is 0 Å². The fourth-order valence-corrected chi connectivity index (χ4v) is 1.77. The van der Waals surface area contributed by atoms with E-state index in [-0.39, 0.29) is 17.0 Å². The maximum atomic E-state index is 2.30. The van der Waals surface area contributed by atoms with Gasteiger partial charge < -0.3 is 17.0 Å². The average Bonchev–Trinajstić information content (AvgIpc) is 2.31. The number of aryl methyl sites for hydroxylation is 1. The monoisotopic (exact) mass is 277 g/mol. The number of benzene rings is 1. The van der Waals surface area contributed by atoms with E-state index in [1.54, 1.807) is 0 Å². The number of halogens is 1. The third-order valence-corrected chi connectivity index (χ3v) is 2.59. The van der Waals surface area contributed by atoms with Gasteiger partial charge in [-0.15, -0.1) is 0 Å². The highest BCUT2D eigenvalue weighted by molar-refractivity contribution is 5.13. The van der Waals surface area contributed by atoms with Crippen molar-refractivity contribution in [1.29, 1.82) is 0 Å². The average molecular weight is 278 g/mol. The Morgan fingerprint density at radius 1 is 0.938 bits per heavy atom. The summed E-state index contributed by atoms with van der Waals surface area (Å²) >= 11 is 0. The smallest absolute Gasteiger partial charge is 0.181 e. The van der Waals surface area contributed by atoms with Gasteiger partial charge in [-0.25, -0.2) is 0 Å². The number of rotatable bonds is 3. The van der Waals surface area contributed by atoms with Crippen LogP contribution in [0, 0.1) is 0 Å². The van der Waals surface area contributed by atoms with Crippen LogP contribution in [-0.4, -0.2) is 0 Å². The summed E-state index contributed by atoms with van der Waals surface area (Å²) in [4.78, 5) is 0. The summed E-state index contributed by atoms with van der Waals surface area (Å²) < 4.78 is 2.30. The van der Waals surface area contributed by atoms with Crippen molar-refractivity contribution in [2.75, 3.05) is 0 Å². The summed E-state index contributed by atoms with van der Waals surface area (Å²) in [6, 6.07) is 16.9. The zero-order valence-corrected chi connectivity index (χ0v) is 11.0. The Kier molecular flexibility index (Phi) is 5.20. The van der Waals surface area contributed by atoms with Gasteiger partial charge in [-0.1, -0.05) is 43.3 Å². The highest BCUT2D eigenvalue weighted by Crippen LogP contribution is 1.99. The molecule has 1 nitrogen and oxygen atoms in total. The summed E-state index contributed by atoms with van der Waals surface area (Å²) in [5.74, 6) is 0. The zero-order valence-electron chi connectivity index (χ0n) is 9.44. The normalized spacial score (nSPS) is 9.56. The van der Waals surface area contributed by atoms with Crippen molar-refractivity contribution in [3.8, 4) is 0 Å². The molecule has 0 fully saturated rings. The molecule has 0 amide bonds. The largest absolute Gasteiger partial charge is 1.00 e. The van der Waals surface area contributed by atoms with Gasteiger partial charge in [-0.05, 0) is 0 Å². The highest BCUT2D eigenvalue weighted by Gasteiger charge is 2.07. The molecule has 0 aliphatic rings. The van der Waals surface area contributed by atoms with Crippen LogP contribution in [0.25, 0.3) is 0 Å². The topological polar surface area (TPSA) is 3.88 Å². The second-order valence-corrected chi connectivity index (χ2v) is 3.66. The minimum atomic E-state index is 0. The van der Waals surface area contributed by atoms with Crippen LogP contribution in [0.15, 0.2) is 54.7 Å². The lowest BCUT2D eigenvalue weighted by molar-refractivity contribution is -0.695. The van der Waals surface area contributed by atoms with Gasteiger partial charge in [0.25, 0.3) is 0 Å². The van der Waals surface area contributed by atoms with Crippen molar-refractivity contribution >= 4 is 0 Å². The summed E-state index contributed by atoms with van der Waals surface area (Å²) in [5, 5.41) is 0. The molecule has 0 saturated carbocycles. The third kappa shape index (κ3) is 3.17. The summed E-state index contributed by atoms with van der Waals surface area (Å²) in [6.45, 7) is 3.15. The lowest BCUT2D eigenvalue weighted by Crippen LogP contribution is -3.00. The van der Waals surface area contributed by atoms with E-state index < -0.39 is 0 Å². The second kappa shape index (κ2) is 6.44.